The molecule has 0 radical (unpaired) electrons. The highest BCUT2D eigenvalue weighted by atomic mass is 15.1. The van der Waals surface area contributed by atoms with Crippen molar-refractivity contribution in [3.05, 3.63) is 139 Å². The number of para-hydroxylation sites is 2. The van der Waals surface area contributed by atoms with Gasteiger partial charge in [0.1, 0.15) is 5.82 Å². The van der Waals surface area contributed by atoms with Crippen molar-refractivity contribution in [3.8, 4) is 33.6 Å². The minimum atomic E-state index is -0.167. The summed E-state index contributed by atoms with van der Waals surface area (Å²) in [7, 11) is 0. The molecule has 2 nitrogen and oxygen atoms in total. The van der Waals surface area contributed by atoms with E-state index in [1.165, 1.54) is 71.2 Å². The highest BCUT2D eigenvalue weighted by Crippen LogP contribution is 2.57. The quantitative estimate of drug-likeness (QED) is 0.190. The van der Waals surface area contributed by atoms with Crippen LogP contribution in [0.15, 0.2) is 127 Å². The van der Waals surface area contributed by atoms with Crippen molar-refractivity contribution < 1.29 is 0 Å². The van der Waals surface area contributed by atoms with Gasteiger partial charge in [0.05, 0.1) is 11.0 Å². The average Bonchev–Trinajstić information content (AvgIpc) is 3.57. The zero-order valence-corrected chi connectivity index (χ0v) is 25.9. The Hall–Kier alpha value is -5.21. The lowest BCUT2D eigenvalue weighted by Gasteiger charge is -2.25. The number of fused-ring (bicyclic) bond motifs is 11. The number of hydrogen-bond donors (Lipinski definition) is 0. The maximum atomic E-state index is 5.13. The molecule has 45 heavy (non-hydrogen) atoms. The predicted molar refractivity (Wildman–Crippen MR) is 191 cm³/mol. The smallest absolute Gasteiger partial charge is 0.141 e. The zero-order chi connectivity index (χ0) is 30.3. The van der Waals surface area contributed by atoms with Gasteiger partial charge in [-0.15, -0.1) is 0 Å². The Kier molecular flexibility index (Phi) is 5.62. The van der Waals surface area contributed by atoms with E-state index in [4.69, 9.17) is 4.98 Å². The van der Waals surface area contributed by atoms with E-state index in [1.54, 1.807) is 0 Å². The Morgan fingerprint density at radius 3 is 1.93 bits per heavy atom. The fraction of sp³-hybridized carbons (Fsp3) is 0.140. The molecule has 0 spiro atoms. The molecule has 1 aliphatic carbocycles. The van der Waals surface area contributed by atoms with Gasteiger partial charge in [0.2, 0.25) is 0 Å². The molecule has 0 atom stereocenters. The van der Waals surface area contributed by atoms with E-state index in [2.05, 4.69) is 153 Å². The van der Waals surface area contributed by atoms with Crippen LogP contribution in [-0.4, -0.2) is 9.55 Å². The number of benzene rings is 7. The average molecular weight is 579 g/mol. The van der Waals surface area contributed by atoms with Crippen molar-refractivity contribution in [1.29, 1.82) is 0 Å². The van der Waals surface area contributed by atoms with Crippen LogP contribution in [-0.2, 0) is 12.0 Å². The van der Waals surface area contributed by atoms with E-state index in [1.807, 2.05) is 0 Å². The number of aryl methyl sites for hydroxylation is 1. The van der Waals surface area contributed by atoms with Crippen molar-refractivity contribution in [3.63, 3.8) is 0 Å². The van der Waals surface area contributed by atoms with Gasteiger partial charge in [0.15, 0.2) is 0 Å². The maximum absolute atomic E-state index is 5.13. The van der Waals surface area contributed by atoms with Crippen LogP contribution in [0.3, 0.4) is 0 Å². The minimum absolute atomic E-state index is 0.167. The van der Waals surface area contributed by atoms with Crippen LogP contribution in [0, 0.1) is 0 Å². The molecule has 216 valence electrons. The first kappa shape index (κ1) is 26.2. The summed E-state index contributed by atoms with van der Waals surface area (Å²) >= 11 is 0. The predicted octanol–water partition coefficient (Wildman–Crippen LogP) is 11.5. The van der Waals surface area contributed by atoms with Gasteiger partial charge in [-0.3, -0.25) is 0 Å². The highest BCUT2D eigenvalue weighted by molar-refractivity contribution is 6.22. The topological polar surface area (TPSA) is 17.8 Å². The second-order valence-corrected chi connectivity index (χ2v) is 13.0. The Morgan fingerprint density at radius 2 is 1.18 bits per heavy atom. The second kappa shape index (κ2) is 9.64. The fourth-order valence-electron chi connectivity index (χ4n) is 8.13. The molecular formula is C43H34N2. The lowest BCUT2D eigenvalue weighted by Crippen LogP contribution is -2.16. The van der Waals surface area contributed by atoms with Crippen LogP contribution in [0.25, 0.3) is 77.0 Å². The molecule has 9 rings (SSSR count). The molecule has 0 N–H and O–H groups in total. The zero-order valence-electron chi connectivity index (χ0n) is 25.9. The Balaban J connectivity index is 1.33. The van der Waals surface area contributed by atoms with Gasteiger partial charge in [-0.25, -0.2) is 4.98 Å². The lowest BCUT2D eigenvalue weighted by molar-refractivity contribution is 0.667. The standard InChI is InChI=1S/C43H34N2/c1-4-24-45-38-23-12-11-22-37(38)44-42(45)28-15-13-14-27(25-28)35-26-36-39(32-19-8-6-18-31(32)35)40-33-20-9-5-16-29(33)30-17-7-10-21-34(30)41(40)43(36,2)3/h5-23,25-26H,4,24H2,1-3H3. The van der Waals surface area contributed by atoms with Crippen LogP contribution in [0.1, 0.15) is 38.3 Å². The van der Waals surface area contributed by atoms with Crippen LogP contribution in [0.2, 0.25) is 0 Å². The van der Waals surface area contributed by atoms with Crippen LogP contribution in [0.4, 0.5) is 0 Å². The van der Waals surface area contributed by atoms with Crippen LogP contribution >= 0.6 is 0 Å². The molecule has 0 aliphatic heterocycles. The molecule has 7 aromatic carbocycles. The Morgan fingerprint density at radius 1 is 0.578 bits per heavy atom. The summed E-state index contributed by atoms with van der Waals surface area (Å²) in [6, 6.07) is 47.0. The number of imidazole rings is 1. The van der Waals surface area contributed by atoms with Gasteiger partial charge < -0.3 is 4.57 Å². The molecule has 0 saturated carbocycles. The van der Waals surface area contributed by atoms with Crippen molar-refractivity contribution in [1.82, 2.24) is 9.55 Å². The number of aromatic nitrogens is 2. The summed E-state index contributed by atoms with van der Waals surface area (Å²) < 4.78 is 2.38. The van der Waals surface area contributed by atoms with Crippen molar-refractivity contribution in [2.45, 2.75) is 39.2 Å². The van der Waals surface area contributed by atoms with Gasteiger partial charge in [0, 0.05) is 17.5 Å². The second-order valence-electron chi connectivity index (χ2n) is 13.0. The summed E-state index contributed by atoms with van der Waals surface area (Å²) in [6.07, 6.45) is 1.06. The van der Waals surface area contributed by atoms with Crippen LogP contribution in [0.5, 0.6) is 0 Å². The summed E-state index contributed by atoms with van der Waals surface area (Å²) in [4.78, 5) is 5.13. The first-order chi connectivity index (χ1) is 22.1. The van der Waals surface area contributed by atoms with Gasteiger partial charge in [-0.2, -0.15) is 0 Å². The molecule has 2 heteroatoms. The Labute approximate surface area is 263 Å². The number of nitrogens with zero attached hydrogens (tertiary/aromatic N) is 2. The van der Waals surface area contributed by atoms with E-state index >= 15 is 0 Å². The lowest BCUT2D eigenvalue weighted by atomic mass is 9.78. The van der Waals surface area contributed by atoms with Gasteiger partial charge >= 0.3 is 0 Å². The number of rotatable bonds is 4. The third kappa shape index (κ3) is 3.66. The third-order valence-electron chi connectivity index (χ3n) is 10.1. The van der Waals surface area contributed by atoms with Gasteiger partial charge in [-0.05, 0) is 96.4 Å². The number of hydrogen-bond acceptors (Lipinski definition) is 1. The summed E-state index contributed by atoms with van der Waals surface area (Å²) in [6.45, 7) is 8.01. The molecule has 1 aliphatic rings. The first-order valence-electron chi connectivity index (χ1n) is 16.1. The fourth-order valence-corrected chi connectivity index (χ4v) is 8.13. The summed E-state index contributed by atoms with van der Waals surface area (Å²) in [5.74, 6) is 1.04. The maximum Gasteiger partial charge on any atom is 0.141 e. The first-order valence-corrected chi connectivity index (χ1v) is 16.1. The third-order valence-corrected chi connectivity index (χ3v) is 10.1. The van der Waals surface area contributed by atoms with E-state index in [0.29, 0.717) is 0 Å². The van der Waals surface area contributed by atoms with Crippen LogP contribution < -0.4 is 0 Å². The molecule has 0 fully saturated rings. The molecular weight excluding hydrogens is 544 g/mol. The molecule has 0 saturated heterocycles. The van der Waals surface area contributed by atoms with Gasteiger partial charge in [-0.1, -0.05) is 124 Å². The SMILES string of the molecule is CCCn1c(-c2cccc(-c3cc4c(c5ccccc35)-c3c(c5ccccc5c5ccccc35)C4(C)C)c2)nc2ccccc21. The molecule has 1 aromatic heterocycles. The summed E-state index contributed by atoms with van der Waals surface area (Å²) in [5, 5.41) is 7.96. The Bertz CT molecular complexity index is 2480. The molecule has 0 amide bonds. The van der Waals surface area contributed by atoms with E-state index < -0.39 is 0 Å². The molecule has 0 bridgehead atoms. The largest absolute Gasteiger partial charge is 0.324 e. The monoisotopic (exact) mass is 578 g/mol. The molecule has 8 aromatic rings. The minimum Gasteiger partial charge on any atom is -0.324 e. The van der Waals surface area contributed by atoms with E-state index in [-0.39, 0.29) is 5.41 Å². The van der Waals surface area contributed by atoms with Crippen molar-refractivity contribution >= 4 is 43.4 Å². The van der Waals surface area contributed by atoms with Crippen molar-refractivity contribution in [2.24, 2.45) is 0 Å². The van der Waals surface area contributed by atoms with E-state index in [9.17, 15) is 0 Å². The summed E-state index contributed by atoms with van der Waals surface area (Å²) in [5.41, 5.74) is 11.4. The van der Waals surface area contributed by atoms with Gasteiger partial charge in [0.25, 0.3) is 0 Å². The highest BCUT2D eigenvalue weighted by Gasteiger charge is 2.40. The van der Waals surface area contributed by atoms with Crippen molar-refractivity contribution in [2.75, 3.05) is 0 Å². The normalized spacial score (nSPS) is 13.6. The van der Waals surface area contributed by atoms with E-state index in [0.717, 1.165) is 29.9 Å². The molecule has 0 unspecified atom stereocenters. The molecule has 1 heterocycles.